The van der Waals surface area contributed by atoms with Crippen molar-refractivity contribution in [2.45, 2.75) is 16.6 Å². The summed E-state index contributed by atoms with van der Waals surface area (Å²) >= 11 is 14.5. The molecule has 2 amide bonds. The highest BCUT2D eigenvalue weighted by Gasteiger charge is 2.11. The van der Waals surface area contributed by atoms with Crippen molar-refractivity contribution in [2.75, 3.05) is 12.4 Å². The van der Waals surface area contributed by atoms with E-state index in [1.807, 2.05) is 25.1 Å². The molecule has 8 heteroatoms. The van der Waals surface area contributed by atoms with Crippen LogP contribution in [0.15, 0.2) is 22.5 Å². The second-order valence-corrected chi connectivity index (χ2v) is 7.37. The molecule has 0 spiro atoms. The molecule has 0 aliphatic heterocycles. The lowest BCUT2D eigenvalue weighted by molar-refractivity contribution is 0.241. The predicted molar refractivity (Wildman–Crippen MR) is 87.2 cm³/mol. The second kappa shape index (κ2) is 7.36. The maximum Gasteiger partial charge on any atom is 0.315 e. The molecule has 2 N–H and O–H groups in total. The number of carbonyl (C=O) groups excluding carboxylic acids is 1. The van der Waals surface area contributed by atoms with Crippen LogP contribution in [0.5, 0.6) is 0 Å². The summed E-state index contributed by atoms with van der Waals surface area (Å²) < 4.78 is 1.98. The van der Waals surface area contributed by atoms with E-state index in [9.17, 15) is 4.79 Å². The Hall–Kier alpha value is -0.690. The lowest BCUT2D eigenvalue weighted by Crippen LogP contribution is -2.40. The summed E-state index contributed by atoms with van der Waals surface area (Å²) in [4.78, 5) is 16.0. The van der Waals surface area contributed by atoms with Gasteiger partial charge in [0, 0.05) is 17.4 Å². The third-order valence-electron chi connectivity index (χ3n) is 2.32. The molecule has 0 bridgehead atoms. The summed E-state index contributed by atoms with van der Waals surface area (Å²) in [6.07, 6.45) is 0. The monoisotopic (exact) mass is 349 g/mol. The van der Waals surface area contributed by atoms with Crippen molar-refractivity contribution in [3.05, 3.63) is 23.2 Å². The number of thiazole rings is 1. The lowest BCUT2D eigenvalue weighted by atomic mass is 10.3. The number of amides is 2. The molecule has 20 heavy (non-hydrogen) atoms. The Morgan fingerprint density at radius 3 is 3.10 bits per heavy atom. The molecule has 0 aliphatic rings. The van der Waals surface area contributed by atoms with Crippen LogP contribution in [0.25, 0.3) is 10.2 Å². The van der Waals surface area contributed by atoms with Crippen LogP contribution in [0.2, 0.25) is 5.02 Å². The summed E-state index contributed by atoms with van der Waals surface area (Å²) in [5.41, 5.74) is 0.879. The van der Waals surface area contributed by atoms with E-state index in [0.717, 1.165) is 14.6 Å². The van der Waals surface area contributed by atoms with Gasteiger partial charge in [-0.15, -0.1) is 22.9 Å². The number of urea groups is 1. The normalized spacial score (nSPS) is 12.3. The molecule has 108 valence electrons. The largest absolute Gasteiger partial charge is 0.337 e. The molecule has 0 saturated carbocycles. The molecule has 1 atom stereocenters. The number of aromatic nitrogens is 1. The minimum atomic E-state index is -0.227. The van der Waals surface area contributed by atoms with Crippen molar-refractivity contribution < 1.29 is 4.79 Å². The van der Waals surface area contributed by atoms with E-state index >= 15 is 0 Å². The van der Waals surface area contributed by atoms with Gasteiger partial charge in [-0.25, -0.2) is 9.78 Å². The highest BCUT2D eigenvalue weighted by molar-refractivity contribution is 8.01. The maximum atomic E-state index is 11.5. The van der Waals surface area contributed by atoms with E-state index in [2.05, 4.69) is 15.6 Å². The standard InChI is InChI=1S/C12H13Cl2N3OS2/c1-7(16-11(18)15-5-4-13)19-12-17-9-6-8(14)2-3-10(9)20-12/h2-3,6-7H,4-5H2,1H3,(H2,15,16,18). The first kappa shape index (κ1) is 15.7. The quantitative estimate of drug-likeness (QED) is 0.488. The van der Waals surface area contributed by atoms with Gasteiger partial charge in [-0.3, -0.25) is 0 Å². The van der Waals surface area contributed by atoms with Gasteiger partial charge >= 0.3 is 6.03 Å². The molecule has 2 rings (SSSR count). The number of thioether (sulfide) groups is 1. The molecule has 1 aromatic heterocycles. The minimum absolute atomic E-state index is 0.0821. The third kappa shape index (κ3) is 4.41. The number of fused-ring (bicyclic) bond motifs is 1. The van der Waals surface area contributed by atoms with Gasteiger partial charge in [-0.2, -0.15) is 0 Å². The number of rotatable bonds is 5. The highest BCUT2D eigenvalue weighted by atomic mass is 35.5. The number of nitrogens with one attached hydrogen (secondary N) is 2. The number of alkyl halides is 1. The Balaban J connectivity index is 1.95. The third-order valence-corrected chi connectivity index (χ3v) is 4.88. The van der Waals surface area contributed by atoms with Gasteiger partial charge in [-0.1, -0.05) is 23.4 Å². The van der Waals surface area contributed by atoms with Gasteiger partial charge in [0.15, 0.2) is 4.34 Å². The first-order valence-corrected chi connectivity index (χ1v) is 8.52. The van der Waals surface area contributed by atoms with Gasteiger partial charge in [0.25, 0.3) is 0 Å². The fourth-order valence-corrected chi connectivity index (χ4v) is 3.96. The van der Waals surface area contributed by atoms with Crippen LogP contribution in [0.1, 0.15) is 6.92 Å². The van der Waals surface area contributed by atoms with Crippen molar-refractivity contribution >= 4 is 62.5 Å². The van der Waals surface area contributed by atoms with Crippen LogP contribution < -0.4 is 10.6 Å². The topological polar surface area (TPSA) is 54.0 Å². The predicted octanol–water partition coefficient (Wildman–Crippen LogP) is 3.93. The van der Waals surface area contributed by atoms with Crippen molar-refractivity contribution in [1.29, 1.82) is 0 Å². The summed E-state index contributed by atoms with van der Waals surface area (Å²) in [5.74, 6) is 0.396. The summed E-state index contributed by atoms with van der Waals surface area (Å²) in [6, 6.07) is 5.40. The van der Waals surface area contributed by atoms with Gasteiger partial charge in [-0.05, 0) is 25.1 Å². The molecule has 0 fully saturated rings. The number of halogens is 2. The lowest BCUT2D eigenvalue weighted by Gasteiger charge is -2.12. The van der Waals surface area contributed by atoms with Crippen LogP contribution in [-0.4, -0.2) is 28.8 Å². The minimum Gasteiger partial charge on any atom is -0.337 e. The van der Waals surface area contributed by atoms with Gasteiger partial charge in [0.05, 0.1) is 15.6 Å². The van der Waals surface area contributed by atoms with Crippen molar-refractivity contribution in [3.63, 3.8) is 0 Å². The van der Waals surface area contributed by atoms with E-state index < -0.39 is 0 Å². The van der Waals surface area contributed by atoms with E-state index in [-0.39, 0.29) is 11.4 Å². The number of nitrogens with zero attached hydrogens (tertiary/aromatic N) is 1. The highest BCUT2D eigenvalue weighted by Crippen LogP contribution is 2.32. The molecular formula is C12H13Cl2N3OS2. The van der Waals surface area contributed by atoms with Crippen LogP contribution in [0, 0.1) is 0 Å². The molecule has 0 saturated heterocycles. The van der Waals surface area contributed by atoms with Crippen LogP contribution in [0.3, 0.4) is 0 Å². The van der Waals surface area contributed by atoms with E-state index in [1.54, 1.807) is 11.3 Å². The molecule has 1 aromatic carbocycles. The molecule has 4 nitrogen and oxygen atoms in total. The number of benzene rings is 1. The zero-order valence-corrected chi connectivity index (χ0v) is 13.8. The fraction of sp³-hybridized carbons (Fsp3) is 0.333. The Kier molecular flexibility index (Phi) is 5.77. The molecule has 2 aromatic rings. The van der Waals surface area contributed by atoms with E-state index in [1.165, 1.54) is 11.8 Å². The number of hydrogen-bond acceptors (Lipinski definition) is 4. The van der Waals surface area contributed by atoms with Gasteiger partial charge in [0.1, 0.15) is 0 Å². The van der Waals surface area contributed by atoms with Crippen LogP contribution in [0.4, 0.5) is 4.79 Å². The first-order chi connectivity index (χ1) is 9.58. The average Bonchev–Trinajstić information content (AvgIpc) is 2.77. The SMILES string of the molecule is CC(NC(=O)NCCCl)Sc1nc2cc(Cl)ccc2s1. The number of hydrogen-bond donors (Lipinski definition) is 2. The van der Waals surface area contributed by atoms with Crippen LogP contribution in [-0.2, 0) is 0 Å². The van der Waals surface area contributed by atoms with E-state index in [0.29, 0.717) is 17.4 Å². The maximum absolute atomic E-state index is 11.5. The summed E-state index contributed by atoms with van der Waals surface area (Å²) in [5, 5.41) is 6.06. The molecule has 0 aliphatic carbocycles. The molecular weight excluding hydrogens is 337 g/mol. The smallest absolute Gasteiger partial charge is 0.315 e. The molecule has 0 radical (unpaired) electrons. The van der Waals surface area contributed by atoms with Crippen molar-refractivity contribution in [2.24, 2.45) is 0 Å². The van der Waals surface area contributed by atoms with Crippen molar-refractivity contribution in [3.8, 4) is 0 Å². The Morgan fingerprint density at radius 2 is 2.35 bits per heavy atom. The molecule has 1 unspecified atom stereocenters. The second-order valence-electron chi connectivity index (χ2n) is 3.94. The van der Waals surface area contributed by atoms with E-state index in [4.69, 9.17) is 23.2 Å². The first-order valence-electron chi connectivity index (χ1n) is 5.91. The fourth-order valence-electron chi connectivity index (χ4n) is 1.51. The van der Waals surface area contributed by atoms with Gasteiger partial charge in [0.2, 0.25) is 0 Å². The summed E-state index contributed by atoms with van der Waals surface area (Å²) in [7, 11) is 0. The van der Waals surface area contributed by atoms with Crippen LogP contribution >= 0.6 is 46.3 Å². The summed E-state index contributed by atoms with van der Waals surface area (Å²) in [6.45, 7) is 2.36. The Morgan fingerprint density at radius 1 is 1.55 bits per heavy atom. The van der Waals surface area contributed by atoms with Crippen molar-refractivity contribution in [1.82, 2.24) is 15.6 Å². The molecule has 1 heterocycles. The Labute approximate surface area is 135 Å². The Bertz CT molecular complexity index is 605. The average molecular weight is 350 g/mol. The zero-order chi connectivity index (χ0) is 14.5. The van der Waals surface area contributed by atoms with Gasteiger partial charge < -0.3 is 10.6 Å². The zero-order valence-electron chi connectivity index (χ0n) is 10.7. The number of carbonyl (C=O) groups is 1.